The molecule has 0 saturated carbocycles. The Morgan fingerprint density at radius 2 is 1.69 bits per heavy atom. The number of benzene rings is 3. The average molecular weight is 488 g/mol. The first-order valence-corrected chi connectivity index (χ1v) is 12.5. The summed E-state index contributed by atoms with van der Waals surface area (Å²) in [5.41, 5.74) is 5.37. The predicted octanol–water partition coefficient (Wildman–Crippen LogP) is 8.22. The molecule has 1 aliphatic heterocycles. The van der Waals surface area contributed by atoms with Crippen LogP contribution >= 0.6 is 11.6 Å². The molecule has 0 amide bonds. The summed E-state index contributed by atoms with van der Waals surface area (Å²) >= 11 is 6.44. The topological polar surface area (TPSA) is 34.8 Å². The van der Waals surface area contributed by atoms with Gasteiger partial charge in [0.2, 0.25) is 0 Å². The minimum absolute atomic E-state index is 0.196. The Labute approximate surface area is 212 Å². The second kappa shape index (κ2) is 10.2. The number of furan rings is 1. The lowest BCUT2D eigenvalue weighted by Gasteiger charge is -2.41. The minimum atomic E-state index is -0.293. The molecule has 4 nitrogen and oxygen atoms in total. The fraction of sp³-hybridized carbons (Fsp3) is 0.267. The van der Waals surface area contributed by atoms with Crippen LogP contribution < -0.4 is 9.80 Å². The summed E-state index contributed by atoms with van der Waals surface area (Å²) in [7, 11) is 1.68. The zero-order chi connectivity index (χ0) is 24.4. The summed E-state index contributed by atoms with van der Waals surface area (Å²) in [6.45, 7) is 4.26. The number of hydroxylamine groups is 1. The molecule has 1 aromatic heterocycles. The van der Waals surface area contributed by atoms with Crippen LogP contribution in [-0.2, 0) is 11.3 Å². The molecule has 2 unspecified atom stereocenters. The van der Waals surface area contributed by atoms with Gasteiger partial charge in [-0.1, -0.05) is 73.5 Å². The van der Waals surface area contributed by atoms with Gasteiger partial charge in [0.25, 0.3) is 0 Å². The van der Waals surface area contributed by atoms with Gasteiger partial charge >= 0.3 is 0 Å². The summed E-state index contributed by atoms with van der Waals surface area (Å²) in [4.78, 5) is 6.85. The van der Waals surface area contributed by atoms with Crippen LogP contribution in [0.25, 0.3) is 0 Å². The van der Waals surface area contributed by atoms with E-state index in [2.05, 4.69) is 31.2 Å². The first-order chi connectivity index (χ1) is 17.1. The number of fused-ring (bicyclic) bond motifs is 1. The Balaban J connectivity index is 1.75. The Kier molecular flexibility index (Phi) is 6.85. The van der Waals surface area contributed by atoms with E-state index in [1.54, 1.807) is 7.11 Å². The molecule has 180 valence electrons. The van der Waals surface area contributed by atoms with Gasteiger partial charge in [-0.25, -0.2) is 5.06 Å². The molecule has 3 aromatic carbocycles. The summed E-state index contributed by atoms with van der Waals surface area (Å²) in [5, 5.41) is 2.66. The molecule has 5 heteroatoms. The van der Waals surface area contributed by atoms with Gasteiger partial charge in [0.1, 0.15) is 29.4 Å². The van der Waals surface area contributed by atoms with Gasteiger partial charge in [-0.05, 0) is 54.8 Å². The summed E-state index contributed by atoms with van der Waals surface area (Å²) in [6.07, 6.45) is 2.74. The highest BCUT2D eigenvalue weighted by Gasteiger charge is 2.41. The predicted molar refractivity (Wildman–Crippen MR) is 140 cm³/mol. The van der Waals surface area contributed by atoms with E-state index in [0.29, 0.717) is 5.02 Å². The van der Waals surface area contributed by atoms with Gasteiger partial charge in [0.15, 0.2) is 0 Å². The third kappa shape index (κ3) is 4.56. The van der Waals surface area contributed by atoms with Gasteiger partial charge in [-0.15, -0.1) is 0 Å². The van der Waals surface area contributed by atoms with Crippen molar-refractivity contribution in [2.24, 2.45) is 0 Å². The number of aryl methyl sites for hydroxylation is 2. The van der Waals surface area contributed by atoms with E-state index in [0.717, 1.165) is 58.9 Å². The lowest BCUT2D eigenvalue weighted by molar-refractivity contribution is 0.0304. The van der Waals surface area contributed by atoms with Gasteiger partial charge in [-0.3, -0.25) is 4.84 Å². The number of unbranched alkanes of at least 4 members (excludes halogenated alkanes) is 1. The Hall–Kier alpha value is -3.21. The maximum atomic E-state index is 6.85. The van der Waals surface area contributed by atoms with Crippen LogP contribution in [-0.4, -0.2) is 7.11 Å². The molecule has 35 heavy (non-hydrogen) atoms. The zero-order valence-corrected chi connectivity index (χ0v) is 21.1. The maximum absolute atomic E-state index is 6.85. The average Bonchev–Trinajstić information content (AvgIpc) is 3.23. The third-order valence-electron chi connectivity index (χ3n) is 6.59. The highest BCUT2D eigenvalue weighted by atomic mass is 35.5. The number of anilines is 1. The Morgan fingerprint density at radius 1 is 0.914 bits per heavy atom. The van der Waals surface area contributed by atoms with Crippen molar-refractivity contribution in [3.8, 4) is 5.75 Å². The smallest absolute Gasteiger partial charge is 0.139 e. The second-order valence-electron chi connectivity index (χ2n) is 8.89. The summed E-state index contributed by atoms with van der Waals surface area (Å²) < 4.78 is 11.9. The van der Waals surface area contributed by atoms with Crippen LogP contribution in [0.15, 0.2) is 83.3 Å². The van der Waals surface area contributed by atoms with E-state index in [1.807, 2.05) is 66.6 Å². The van der Waals surface area contributed by atoms with Crippen molar-refractivity contribution < 1.29 is 14.0 Å². The first kappa shape index (κ1) is 23.5. The molecule has 0 aliphatic carbocycles. The second-order valence-corrected chi connectivity index (χ2v) is 9.33. The van der Waals surface area contributed by atoms with Crippen LogP contribution in [0.1, 0.15) is 65.7 Å². The normalized spacial score (nSPS) is 17.3. The largest absolute Gasteiger partial charge is 0.497 e. The zero-order valence-electron chi connectivity index (χ0n) is 20.3. The molecule has 0 N–H and O–H groups in total. The molecule has 1 aliphatic rings. The Morgan fingerprint density at radius 3 is 2.37 bits per heavy atom. The van der Waals surface area contributed by atoms with Crippen LogP contribution in [0.4, 0.5) is 5.69 Å². The van der Waals surface area contributed by atoms with Crippen LogP contribution in [0.2, 0.25) is 5.02 Å². The quantitative estimate of drug-likeness (QED) is 0.263. The van der Waals surface area contributed by atoms with E-state index < -0.39 is 0 Å². The van der Waals surface area contributed by atoms with E-state index >= 15 is 0 Å². The van der Waals surface area contributed by atoms with Gasteiger partial charge in [-0.2, -0.15) is 0 Å². The molecule has 0 spiro atoms. The van der Waals surface area contributed by atoms with Crippen LogP contribution in [0.5, 0.6) is 5.75 Å². The lowest BCUT2D eigenvalue weighted by atomic mass is 9.87. The van der Waals surface area contributed by atoms with Crippen molar-refractivity contribution in [3.63, 3.8) is 0 Å². The van der Waals surface area contributed by atoms with E-state index in [4.69, 9.17) is 25.6 Å². The van der Waals surface area contributed by atoms with Gasteiger partial charge in [0, 0.05) is 22.6 Å². The molecule has 2 heterocycles. The SMILES string of the molecule is CCCCc1oc(C)c2c1C(c1ccc(OC)cc1)N(c1cccc(Cl)c1)OC2c1ccccc1. The van der Waals surface area contributed by atoms with E-state index in [1.165, 1.54) is 5.56 Å². The number of ether oxygens (including phenoxy) is 1. The molecular weight excluding hydrogens is 458 g/mol. The van der Waals surface area contributed by atoms with Crippen LogP contribution in [0, 0.1) is 6.92 Å². The molecule has 0 saturated heterocycles. The number of rotatable bonds is 7. The minimum Gasteiger partial charge on any atom is -0.497 e. The molecule has 5 rings (SSSR count). The standard InChI is InChI=1S/C30H30ClNO3/c1-4-5-14-26-28-27(20(2)34-26)30(22-10-7-6-8-11-22)35-32(24-13-9-12-23(31)19-24)29(28)21-15-17-25(33-3)18-16-21/h6-13,15-19,29-30H,4-5,14H2,1-3H3. The highest BCUT2D eigenvalue weighted by Crippen LogP contribution is 2.49. The molecule has 4 aromatic rings. The lowest BCUT2D eigenvalue weighted by Crippen LogP contribution is -2.37. The van der Waals surface area contributed by atoms with Crippen molar-refractivity contribution >= 4 is 17.3 Å². The maximum Gasteiger partial charge on any atom is 0.139 e. The summed E-state index contributed by atoms with van der Waals surface area (Å²) in [6, 6.07) is 26.1. The fourth-order valence-electron chi connectivity index (χ4n) is 4.89. The van der Waals surface area contributed by atoms with E-state index in [9.17, 15) is 0 Å². The summed E-state index contributed by atoms with van der Waals surface area (Å²) in [5.74, 6) is 2.75. The van der Waals surface area contributed by atoms with Gasteiger partial charge in [0.05, 0.1) is 12.8 Å². The number of methoxy groups -OCH3 is 1. The molecule has 0 radical (unpaired) electrons. The van der Waals surface area contributed by atoms with Crippen molar-refractivity contribution in [3.05, 3.63) is 118 Å². The number of halogens is 1. The fourth-order valence-corrected chi connectivity index (χ4v) is 5.08. The van der Waals surface area contributed by atoms with Crippen molar-refractivity contribution in [1.82, 2.24) is 0 Å². The van der Waals surface area contributed by atoms with Crippen molar-refractivity contribution in [1.29, 1.82) is 0 Å². The molecular formula is C30H30ClNO3. The number of hydrogen-bond acceptors (Lipinski definition) is 4. The van der Waals surface area contributed by atoms with E-state index in [-0.39, 0.29) is 12.1 Å². The molecule has 0 fully saturated rings. The van der Waals surface area contributed by atoms with Crippen molar-refractivity contribution in [2.75, 3.05) is 12.2 Å². The van der Waals surface area contributed by atoms with Gasteiger partial charge < -0.3 is 9.15 Å². The number of nitrogens with zero attached hydrogens (tertiary/aromatic N) is 1. The molecule has 2 atom stereocenters. The first-order valence-electron chi connectivity index (χ1n) is 12.1. The monoisotopic (exact) mass is 487 g/mol. The van der Waals surface area contributed by atoms with Crippen molar-refractivity contribution in [2.45, 2.75) is 45.3 Å². The van der Waals surface area contributed by atoms with Crippen LogP contribution in [0.3, 0.4) is 0 Å². The molecule has 0 bridgehead atoms. The third-order valence-corrected chi connectivity index (χ3v) is 6.82. The number of hydrogen-bond donors (Lipinski definition) is 0. The Bertz CT molecular complexity index is 1280. The highest BCUT2D eigenvalue weighted by molar-refractivity contribution is 6.30.